The Balaban J connectivity index is 1.59. The average Bonchev–Trinajstić information content (AvgIpc) is 3.06. The van der Waals surface area contributed by atoms with E-state index >= 15 is 0 Å². The highest BCUT2D eigenvalue weighted by Gasteiger charge is 2.07. The van der Waals surface area contributed by atoms with E-state index in [9.17, 15) is 14.4 Å². The summed E-state index contributed by atoms with van der Waals surface area (Å²) in [4.78, 5) is 36.0. The molecule has 0 saturated heterocycles. The van der Waals surface area contributed by atoms with Crippen molar-refractivity contribution in [2.45, 2.75) is 20.8 Å². The van der Waals surface area contributed by atoms with Gasteiger partial charge in [-0.25, -0.2) is 14.4 Å². The van der Waals surface area contributed by atoms with Gasteiger partial charge in [-0.3, -0.25) is 0 Å². The molecule has 45 heavy (non-hydrogen) atoms. The van der Waals surface area contributed by atoms with Gasteiger partial charge in [0, 0.05) is 0 Å². The van der Waals surface area contributed by atoms with Gasteiger partial charge in [0.1, 0.15) is 0 Å². The zero-order valence-corrected chi connectivity index (χ0v) is 25.7. The first-order valence-corrected chi connectivity index (χ1v) is 14.9. The summed E-state index contributed by atoms with van der Waals surface area (Å²) in [6.07, 6.45) is 12.1. The maximum absolute atomic E-state index is 12.0. The summed E-state index contributed by atoms with van der Waals surface area (Å²) in [5, 5.41) is 0. The van der Waals surface area contributed by atoms with Crippen LogP contribution in [0.15, 0.2) is 91.0 Å². The second-order valence-corrected chi connectivity index (χ2v) is 9.96. The van der Waals surface area contributed by atoms with Crippen LogP contribution in [0.2, 0.25) is 0 Å². The fourth-order valence-corrected chi connectivity index (χ4v) is 4.40. The van der Waals surface area contributed by atoms with E-state index < -0.39 is 0 Å². The van der Waals surface area contributed by atoms with Crippen molar-refractivity contribution in [3.63, 3.8) is 0 Å². The Morgan fingerprint density at radius 1 is 0.400 bits per heavy atom. The van der Waals surface area contributed by atoms with Crippen LogP contribution in [0, 0.1) is 0 Å². The van der Waals surface area contributed by atoms with E-state index in [1.165, 1.54) is 0 Å². The second kappa shape index (κ2) is 16.4. The number of carbonyl (C=O) groups is 3. The Morgan fingerprint density at radius 3 is 0.844 bits per heavy atom. The zero-order valence-electron chi connectivity index (χ0n) is 25.7. The van der Waals surface area contributed by atoms with Gasteiger partial charge in [0.25, 0.3) is 0 Å². The van der Waals surface area contributed by atoms with E-state index in [0.717, 1.165) is 33.4 Å². The molecule has 0 N–H and O–H groups in total. The summed E-state index contributed by atoms with van der Waals surface area (Å²) < 4.78 is 15.2. The first kappa shape index (κ1) is 32.4. The molecule has 0 aliphatic heterocycles. The van der Waals surface area contributed by atoms with Crippen molar-refractivity contribution in [2.24, 2.45) is 0 Å². The number of benzene rings is 4. The van der Waals surface area contributed by atoms with Gasteiger partial charge in [-0.1, -0.05) is 72.9 Å². The van der Waals surface area contributed by atoms with Crippen molar-refractivity contribution in [3.05, 3.63) is 141 Å². The van der Waals surface area contributed by atoms with E-state index in [-0.39, 0.29) is 17.9 Å². The van der Waals surface area contributed by atoms with Crippen LogP contribution < -0.4 is 0 Å². The fourth-order valence-electron chi connectivity index (χ4n) is 4.40. The van der Waals surface area contributed by atoms with Crippen molar-refractivity contribution in [2.75, 3.05) is 19.8 Å². The molecule has 4 rings (SSSR count). The number of ether oxygens (including phenoxy) is 3. The predicted molar refractivity (Wildman–Crippen MR) is 180 cm³/mol. The lowest BCUT2D eigenvalue weighted by molar-refractivity contribution is 0.0516. The Morgan fingerprint density at radius 2 is 0.622 bits per heavy atom. The molecule has 0 unspecified atom stereocenters. The van der Waals surface area contributed by atoms with E-state index in [0.29, 0.717) is 36.5 Å². The molecule has 4 aromatic rings. The quantitative estimate of drug-likeness (QED) is 0.0919. The van der Waals surface area contributed by atoms with E-state index in [2.05, 4.69) is 18.2 Å². The third-order valence-electron chi connectivity index (χ3n) is 6.67. The van der Waals surface area contributed by atoms with E-state index in [4.69, 9.17) is 14.2 Å². The SMILES string of the molecule is CCOC(=O)c1ccc(/C=C/c2cc(/C=C/c3ccc(C(=O)OCC)cc3)cc(/C=C/c3ccc(C(=O)OCC)cc3)c2)cc1. The van der Waals surface area contributed by atoms with Crippen LogP contribution in [-0.4, -0.2) is 37.7 Å². The van der Waals surface area contributed by atoms with Crippen molar-refractivity contribution in [1.29, 1.82) is 0 Å². The highest BCUT2D eigenvalue weighted by atomic mass is 16.5. The van der Waals surface area contributed by atoms with Gasteiger partial charge in [-0.15, -0.1) is 0 Å². The Kier molecular flexibility index (Phi) is 11.8. The molecular formula is C39H36O6. The van der Waals surface area contributed by atoms with Gasteiger partial charge in [-0.05, 0) is 109 Å². The van der Waals surface area contributed by atoms with Gasteiger partial charge in [0.2, 0.25) is 0 Å². The lowest BCUT2D eigenvalue weighted by atomic mass is 10.0. The first-order valence-electron chi connectivity index (χ1n) is 14.9. The lowest BCUT2D eigenvalue weighted by Gasteiger charge is -2.05. The molecule has 0 fully saturated rings. The van der Waals surface area contributed by atoms with Crippen molar-refractivity contribution in [3.8, 4) is 0 Å². The minimum atomic E-state index is -0.338. The Bertz CT molecular complexity index is 1480. The predicted octanol–water partition coefficient (Wildman–Crippen LogP) is 8.73. The van der Waals surface area contributed by atoms with Gasteiger partial charge >= 0.3 is 17.9 Å². The number of hydrogen-bond acceptors (Lipinski definition) is 6. The molecule has 0 aliphatic carbocycles. The number of esters is 3. The fraction of sp³-hybridized carbons (Fsp3) is 0.154. The topological polar surface area (TPSA) is 78.9 Å². The molecule has 0 radical (unpaired) electrons. The minimum absolute atomic E-state index is 0.333. The summed E-state index contributed by atoms with van der Waals surface area (Å²) in [5.74, 6) is -1.01. The monoisotopic (exact) mass is 600 g/mol. The molecule has 0 spiro atoms. The molecule has 0 heterocycles. The molecule has 6 nitrogen and oxygen atoms in total. The van der Waals surface area contributed by atoms with Crippen molar-refractivity contribution >= 4 is 54.4 Å². The van der Waals surface area contributed by atoms with E-state index in [1.54, 1.807) is 57.2 Å². The second-order valence-electron chi connectivity index (χ2n) is 9.96. The Labute approximate surface area is 264 Å². The van der Waals surface area contributed by atoms with Gasteiger partial charge in [-0.2, -0.15) is 0 Å². The smallest absolute Gasteiger partial charge is 0.338 e. The summed E-state index contributed by atoms with van der Waals surface area (Å²) >= 11 is 0. The Hall–Kier alpha value is -5.49. The zero-order chi connectivity index (χ0) is 32.0. The largest absolute Gasteiger partial charge is 0.462 e. The summed E-state index contributed by atoms with van der Waals surface area (Å²) in [7, 11) is 0. The third-order valence-corrected chi connectivity index (χ3v) is 6.67. The van der Waals surface area contributed by atoms with Crippen LogP contribution in [0.1, 0.15) is 85.2 Å². The van der Waals surface area contributed by atoms with Crippen molar-refractivity contribution in [1.82, 2.24) is 0 Å². The summed E-state index contributed by atoms with van der Waals surface area (Å²) in [5.41, 5.74) is 7.35. The minimum Gasteiger partial charge on any atom is -0.462 e. The average molecular weight is 601 g/mol. The summed E-state index contributed by atoms with van der Waals surface area (Å²) in [6, 6.07) is 28.1. The first-order chi connectivity index (χ1) is 21.9. The molecule has 0 amide bonds. The van der Waals surface area contributed by atoms with Crippen LogP contribution in [0.5, 0.6) is 0 Å². The molecule has 0 aliphatic rings. The van der Waals surface area contributed by atoms with E-state index in [1.807, 2.05) is 72.9 Å². The van der Waals surface area contributed by atoms with Crippen LogP contribution in [0.25, 0.3) is 36.5 Å². The van der Waals surface area contributed by atoms with Crippen molar-refractivity contribution < 1.29 is 28.6 Å². The highest BCUT2D eigenvalue weighted by Crippen LogP contribution is 2.20. The molecule has 0 atom stereocenters. The molecule has 4 aromatic carbocycles. The highest BCUT2D eigenvalue weighted by molar-refractivity contribution is 5.91. The maximum atomic E-state index is 12.0. The van der Waals surface area contributed by atoms with Crippen LogP contribution >= 0.6 is 0 Å². The number of rotatable bonds is 12. The molecule has 0 saturated carbocycles. The van der Waals surface area contributed by atoms with Gasteiger partial charge in [0.05, 0.1) is 36.5 Å². The summed E-state index contributed by atoms with van der Waals surface area (Å²) in [6.45, 7) is 6.35. The lowest BCUT2D eigenvalue weighted by Crippen LogP contribution is -2.03. The maximum Gasteiger partial charge on any atom is 0.338 e. The molecular weight excluding hydrogens is 564 g/mol. The number of carbonyl (C=O) groups excluding carboxylic acids is 3. The number of hydrogen-bond donors (Lipinski definition) is 0. The third kappa shape index (κ3) is 9.76. The van der Waals surface area contributed by atoms with Crippen LogP contribution in [0.3, 0.4) is 0 Å². The molecule has 0 aromatic heterocycles. The molecule has 6 heteroatoms. The molecule has 228 valence electrons. The van der Waals surface area contributed by atoms with Gasteiger partial charge in [0.15, 0.2) is 0 Å². The molecule has 0 bridgehead atoms. The van der Waals surface area contributed by atoms with Gasteiger partial charge < -0.3 is 14.2 Å². The van der Waals surface area contributed by atoms with Crippen LogP contribution in [0.4, 0.5) is 0 Å². The van der Waals surface area contributed by atoms with Crippen LogP contribution in [-0.2, 0) is 14.2 Å². The normalized spacial score (nSPS) is 11.3. The standard InChI is InChI=1S/C39H36O6/c1-4-43-37(40)34-19-13-28(14-20-34)7-10-31-25-32(11-8-29-15-21-35(22-16-29)38(41)44-5-2)27-33(26-31)12-9-30-17-23-36(24-18-30)39(42)45-6-3/h7-27H,4-6H2,1-3H3/b10-7+,11-8+,12-9+.